The third-order valence-electron chi connectivity index (χ3n) is 2.36. The van der Waals surface area contributed by atoms with Crippen LogP contribution in [0.1, 0.15) is 26.7 Å². The van der Waals surface area contributed by atoms with Gasteiger partial charge in [0.1, 0.15) is 5.82 Å². The lowest BCUT2D eigenvalue weighted by atomic mass is 10.1. The molecule has 0 spiro atoms. The minimum absolute atomic E-state index is 0.0898. The largest absolute Gasteiger partial charge is 0.323 e. The highest BCUT2D eigenvalue weighted by molar-refractivity contribution is 9.10. The molecule has 0 fully saturated rings. The topological polar surface area (TPSA) is 29.1 Å². The number of hydrogen-bond donors (Lipinski definition) is 1. The Morgan fingerprint density at radius 1 is 1.56 bits per heavy atom. The van der Waals surface area contributed by atoms with E-state index in [9.17, 15) is 9.18 Å². The molecule has 0 saturated heterocycles. The number of nitrogens with one attached hydrogen (secondary N) is 1. The molecule has 0 unspecified atom stereocenters. The van der Waals surface area contributed by atoms with Crippen molar-refractivity contribution in [2.45, 2.75) is 26.7 Å². The third-order valence-corrected chi connectivity index (χ3v) is 2.85. The molecule has 0 heterocycles. The van der Waals surface area contributed by atoms with E-state index < -0.39 is 5.82 Å². The van der Waals surface area contributed by atoms with Gasteiger partial charge >= 0.3 is 0 Å². The van der Waals surface area contributed by atoms with Crippen LogP contribution in [-0.4, -0.2) is 5.91 Å². The Kier molecular flexibility index (Phi) is 4.93. The maximum absolute atomic E-state index is 13.4. The fourth-order valence-electron chi connectivity index (χ4n) is 1.41. The van der Waals surface area contributed by atoms with Crippen LogP contribution in [0, 0.1) is 11.7 Å². The molecule has 1 N–H and O–H groups in total. The van der Waals surface area contributed by atoms with Crippen LogP contribution in [0.4, 0.5) is 10.1 Å². The highest BCUT2D eigenvalue weighted by Gasteiger charge is 2.13. The summed E-state index contributed by atoms with van der Waals surface area (Å²) < 4.78 is 14.1. The Morgan fingerprint density at radius 2 is 2.25 bits per heavy atom. The average Bonchev–Trinajstić information content (AvgIpc) is 2.22. The van der Waals surface area contributed by atoms with E-state index in [0.717, 1.165) is 12.8 Å². The molecule has 16 heavy (non-hydrogen) atoms. The van der Waals surface area contributed by atoms with Crippen LogP contribution in [0.2, 0.25) is 0 Å². The van der Waals surface area contributed by atoms with Crippen molar-refractivity contribution in [1.82, 2.24) is 0 Å². The molecule has 1 rings (SSSR count). The molecule has 0 radical (unpaired) electrons. The van der Waals surface area contributed by atoms with Crippen molar-refractivity contribution in [2.24, 2.45) is 5.92 Å². The van der Waals surface area contributed by atoms with E-state index in [-0.39, 0.29) is 17.5 Å². The monoisotopic (exact) mass is 287 g/mol. The van der Waals surface area contributed by atoms with Crippen molar-refractivity contribution in [3.63, 3.8) is 0 Å². The molecule has 0 aromatic heterocycles. The quantitative estimate of drug-likeness (QED) is 0.892. The highest BCUT2D eigenvalue weighted by Crippen LogP contribution is 2.20. The molecule has 1 aromatic carbocycles. The van der Waals surface area contributed by atoms with E-state index in [2.05, 4.69) is 21.2 Å². The van der Waals surface area contributed by atoms with Crippen LogP contribution < -0.4 is 5.32 Å². The van der Waals surface area contributed by atoms with Crippen LogP contribution in [0.25, 0.3) is 0 Å². The number of amides is 1. The van der Waals surface area contributed by atoms with Crippen molar-refractivity contribution >= 4 is 27.5 Å². The number of carbonyl (C=O) groups excluding carboxylic acids is 1. The smallest absolute Gasteiger partial charge is 0.227 e. The van der Waals surface area contributed by atoms with Gasteiger partial charge in [0, 0.05) is 10.4 Å². The minimum atomic E-state index is -0.425. The molecule has 1 aromatic rings. The Morgan fingerprint density at radius 3 is 2.81 bits per heavy atom. The zero-order valence-electron chi connectivity index (χ0n) is 9.39. The molecule has 0 aliphatic carbocycles. The second-order valence-electron chi connectivity index (χ2n) is 3.80. The summed E-state index contributed by atoms with van der Waals surface area (Å²) in [4.78, 5) is 11.7. The van der Waals surface area contributed by atoms with Crippen LogP contribution >= 0.6 is 15.9 Å². The summed E-state index contributed by atoms with van der Waals surface area (Å²) in [6.45, 7) is 3.86. The SMILES string of the molecule is CCC[C@H](C)C(=O)Nc1ccc(Br)cc1F. The first-order valence-electron chi connectivity index (χ1n) is 5.30. The van der Waals surface area contributed by atoms with Gasteiger partial charge in [-0.2, -0.15) is 0 Å². The summed E-state index contributed by atoms with van der Waals surface area (Å²) in [6.07, 6.45) is 1.75. The fourth-order valence-corrected chi connectivity index (χ4v) is 1.74. The summed E-state index contributed by atoms with van der Waals surface area (Å²) in [5.74, 6) is -0.650. The lowest BCUT2D eigenvalue weighted by molar-refractivity contribution is -0.119. The Hall–Kier alpha value is -0.900. The summed E-state index contributed by atoms with van der Waals surface area (Å²) in [5, 5.41) is 2.59. The first-order valence-corrected chi connectivity index (χ1v) is 6.09. The molecular formula is C12H15BrFNO. The maximum Gasteiger partial charge on any atom is 0.227 e. The van der Waals surface area contributed by atoms with Crippen LogP contribution in [-0.2, 0) is 4.79 Å². The van der Waals surface area contributed by atoms with E-state index in [1.165, 1.54) is 6.07 Å². The lowest BCUT2D eigenvalue weighted by Crippen LogP contribution is -2.20. The summed E-state index contributed by atoms with van der Waals surface area (Å²) in [6, 6.07) is 4.58. The number of anilines is 1. The second kappa shape index (κ2) is 5.99. The van der Waals surface area contributed by atoms with Crippen molar-refractivity contribution in [3.8, 4) is 0 Å². The van der Waals surface area contributed by atoms with Gasteiger partial charge in [0.05, 0.1) is 5.69 Å². The van der Waals surface area contributed by atoms with Crippen molar-refractivity contribution < 1.29 is 9.18 Å². The van der Waals surface area contributed by atoms with Gasteiger partial charge in [-0.1, -0.05) is 36.2 Å². The van der Waals surface area contributed by atoms with Gasteiger partial charge < -0.3 is 5.32 Å². The maximum atomic E-state index is 13.4. The molecule has 4 heteroatoms. The highest BCUT2D eigenvalue weighted by atomic mass is 79.9. The van der Waals surface area contributed by atoms with E-state index in [1.54, 1.807) is 12.1 Å². The molecule has 1 atom stereocenters. The molecule has 88 valence electrons. The van der Waals surface area contributed by atoms with Gasteiger partial charge in [0.2, 0.25) is 5.91 Å². The Balaban J connectivity index is 2.69. The molecule has 1 amide bonds. The van der Waals surface area contributed by atoms with Crippen LogP contribution in [0.3, 0.4) is 0 Å². The predicted molar refractivity (Wildman–Crippen MR) is 66.8 cm³/mol. The van der Waals surface area contributed by atoms with Crippen LogP contribution in [0.15, 0.2) is 22.7 Å². The van der Waals surface area contributed by atoms with Crippen molar-refractivity contribution in [3.05, 3.63) is 28.5 Å². The molecule has 0 aliphatic heterocycles. The molecule has 2 nitrogen and oxygen atoms in total. The van der Waals surface area contributed by atoms with E-state index >= 15 is 0 Å². The zero-order valence-corrected chi connectivity index (χ0v) is 11.0. The summed E-state index contributed by atoms with van der Waals surface area (Å²) >= 11 is 3.16. The molecule has 0 aliphatic rings. The lowest BCUT2D eigenvalue weighted by Gasteiger charge is -2.11. The standard InChI is InChI=1S/C12H15BrFNO/c1-3-4-8(2)12(16)15-11-6-5-9(13)7-10(11)14/h5-8H,3-4H2,1-2H3,(H,15,16)/t8-/m0/s1. The van der Waals surface area contributed by atoms with Gasteiger partial charge in [0.25, 0.3) is 0 Å². The van der Waals surface area contributed by atoms with Crippen molar-refractivity contribution in [1.29, 1.82) is 0 Å². The van der Waals surface area contributed by atoms with Gasteiger partial charge in [0.15, 0.2) is 0 Å². The first kappa shape index (κ1) is 13.2. The number of rotatable bonds is 4. The van der Waals surface area contributed by atoms with Crippen LogP contribution in [0.5, 0.6) is 0 Å². The second-order valence-corrected chi connectivity index (χ2v) is 4.72. The fraction of sp³-hybridized carbons (Fsp3) is 0.417. The first-order chi connectivity index (χ1) is 7.54. The molecule has 0 saturated carbocycles. The van der Waals surface area contributed by atoms with Gasteiger partial charge in [-0.05, 0) is 24.6 Å². The van der Waals surface area contributed by atoms with Crippen molar-refractivity contribution in [2.75, 3.05) is 5.32 Å². The molecular weight excluding hydrogens is 273 g/mol. The minimum Gasteiger partial charge on any atom is -0.323 e. The normalized spacial score (nSPS) is 12.2. The molecule has 0 bridgehead atoms. The average molecular weight is 288 g/mol. The van der Waals surface area contributed by atoms with Gasteiger partial charge in [-0.15, -0.1) is 0 Å². The predicted octanol–water partition coefficient (Wildman–Crippen LogP) is 3.96. The number of hydrogen-bond acceptors (Lipinski definition) is 1. The third kappa shape index (κ3) is 3.59. The summed E-state index contributed by atoms with van der Waals surface area (Å²) in [5.41, 5.74) is 0.233. The van der Waals surface area contributed by atoms with E-state index in [1.807, 2.05) is 13.8 Å². The number of benzene rings is 1. The number of carbonyl (C=O) groups is 1. The zero-order chi connectivity index (χ0) is 12.1. The summed E-state index contributed by atoms with van der Waals surface area (Å²) in [7, 11) is 0. The van der Waals surface area contributed by atoms with Gasteiger partial charge in [-0.3, -0.25) is 4.79 Å². The Bertz CT molecular complexity index is 381. The van der Waals surface area contributed by atoms with Gasteiger partial charge in [-0.25, -0.2) is 4.39 Å². The number of halogens is 2. The van der Waals surface area contributed by atoms with E-state index in [0.29, 0.717) is 4.47 Å². The van der Waals surface area contributed by atoms with E-state index in [4.69, 9.17) is 0 Å². The Labute approximate surface area is 103 Å².